The van der Waals surface area contributed by atoms with Gasteiger partial charge in [-0.25, -0.2) is 4.79 Å². The fourth-order valence-corrected chi connectivity index (χ4v) is 3.34. The summed E-state index contributed by atoms with van der Waals surface area (Å²) in [5.74, 6) is 0. The minimum Gasteiger partial charge on any atom is -0.445 e. The first kappa shape index (κ1) is 13.4. The Labute approximate surface area is 120 Å². The van der Waals surface area contributed by atoms with Gasteiger partial charge in [0.05, 0.1) is 5.66 Å². The van der Waals surface area contributed by atoms with Gasteiger partial charge in [0.25, 0.3) is 0 Å². The molecule has 1 unspecified atom stereocenters. The number of carbonyl (C=O) groups excluding carboxylic acids is 1. The highest BCUT2D eigenvalue weighted by Gasteiger charge is 2.44. The number of piperidine rings is 1. The molecule has 1 amide bonds. The number of nitrogens with zero attached hydrogens (tertiary/aromatic N) is 1. The number of benzene rings is 1. The Kier molecular flexibility index (Phi) is 3.92. The van der Waals surface area contributed by atoms with Crippen molar-refractivity contribution in [3.63, 3.8) is 0 Å². The largest absolute Gasteiger partial charge is 0.445 e. The second-order valence-electron chi connectivity index (χ2n) is 5.71. The molecule has 3 rings (SSSR count). The second kappa shape index (κ2) is 5.83. The lowest BCUT2D eigenvalue weighted by Crippen LogP contribution is -2.59. The lowest BCUT2D eigenvalue weighted by atomic mass is 9.95. The minimum atomic E-state index is -0.180. The van der Waals surface area contributed by atoms with Crippen LogP contribution in [0, 0.1) is 0 Å². The lowest BCUT2D eigenvalue weighted by Gasteiger charge is -2.41. The van der Waals surface area contributed by atoms with Gasteiger partial charge in [-0.15, -0.1) is 0 Å². The van der Waals surface area contributed by atoms with Crippen LogP contribution in [-0.2, 0) is 11.3 Å². The van der Waals surface area contributed by atoms with Crippen LogP contribution >= 0.6 is 0 Å². The van der Waals surface area contributed by atoms with E-state index in [1.165, 1.54) is 12.8 Å². The highest BCUT2D eigenvalue weighted by atomic mass is 16.6. The first-order valence-corrected chi connectivity index (χ1v) is 7.54. The Morgan fingerprint density at radius 3 is 2.75 bits per heavy atom. The fraction of sp³-hybridized carbons (Fsp3) is 0.562. The van der Waals surface area contributed by atoms with Crippen molar-refractivity contribution in [2.24, 2.45) is 0 Å². The molecule has 4 heteroatoms. The van der Waals surface area contributed by atoms with Crippen LogP contribution in [0.5, 0.6) is 0 Å². The van der Waals surface area contributed by atoms with Gasteiger partial charge < -0.3 is 4.74 Å². The van der Waals surface area contributed by atoms with Crippen molar-refractivity contribution in [1.29, 1.82) is 0 Å². The maximum Gasteiger partial charge on any atom is 0.411 e. The summed E-state index contributed by atoms with van der Waals surface area (Å²) in [6.45, 7) is 2.16. The van der Waals surface area contributed by atoms with E-state index in [0.29, 0.717) is 6.61 Å². The zero-order chi connectivity index (χ0) is 13.8. The quantitative estimate of drug-likeness (QED) is 0.901. The number of ether oxygens (including phenoxy) is 1. The SMILES string of the molecule is O=C(OCc1ccccc1)N1CCCC12CCCCN2. The van der Waals surface area contributed by atoms with E-state index >= 15 is 0 Å². The highest BCUT2D eigenvalue weighted by Crippen LogP contribution is 2.34. The maximum absolute atomic E-state index is 12.4. The van der Waals surface area contributed by atoms with Gasteiger partial charge in [0, 0.05) is 6.54 Å². The van der Waals surface area contributed by atoms with E-state index in [4.69, 9.17) is 4.74 Å². The van der Waals surface area contributed by atoms with Crippen molar-refractivity contribution < 1.29 is 9.53 Å². The molecule has 4 nitrogen and oxygen atoms in total. The molecule has 0 saturated carbocycles. The zero-order valence-corrected chi connectivity index (χ0v) is 11.8. The van der Waals surface area contributed by atoms with Gasteiger partial charge in [0.1, 0.15) is 6.61 Å². The predicted octanol–water partition coefficient (Wildman–Crippen LogP) is 2.89. The topological polar surface area (TPSA) is 41.6 Å². The number of hydrogen-bond donors (Lipinski definition) is 1. The molecule has 1 aromatic rings. The van der Waals surface area contributed by atoms with Gasteiger partial charge in [0.2, 0.25) is 0 Å². The van der Waals surface area contributed by atoms with Crippen LogP contribution in [-0.4, -0.2) is 29.7 Å². The third-order valence-corrected chi connectivity index (χ3v) is 4.39. The molecule has 108 valence electrons. The third-order valence-electron chi connectivity index (χ3n) is 4.39. The molecule has 2 fully saturated rings. The molecule has 1 atom stereocenters. The molecule has 2 aliphatic heterocycles. The first-order valence-electron chi connectivity index (χ1n) is 7.54. The Bertz CT molecular complexity index is 455. The van der Waals surface area contributed by atoms with Crippen LogP contribution in [0.3, 0.4) is 0 Å². The molecule has 20 heavy (non-hydrogen) atoms. The first-order chi connectivity index (χ1) is 9.80. The Balaban J connectivity index is 1.61. The fourth-order valence-electron chi connectivity index (χ4n) is 3.34. The lowest BCUT2D eigenvalue weighted by molar-refractivity contribution is 0.0383. The van der Waals surface area contributed by atoms with Crippen molar-refractivity contribution in [2.75, 3.05) is 13.1 Å². The van der Waals surface area contributed by atoms with E-state index in [9.17, 15) is 4.79 Å². The molecule has 1 aromatic carbocycles. The second-order valence-corrected chi connectivity index (χ2v) is 5.71. The van der Waals surface area contributed by atoms with Crippen LogP contribution in [0.15, 0.2) is 30.3 Å². The number of rotatable bonds is 2. The molecule has 0 bridgehead atoms. The van der Waals surface area contributed by atoms with Crippen molar-refractivity contribution in [3.8, 4) is 0 Å². The molecule has 1 N–H and O–H groups in total. The molecule has 2 heterocycles. The smallest absolute Gasteiger partial charge is 0.411 e. The van der Waals surface area contributed by atoms with Gasteiger partial charge in [-0.05, 0) is 44.2 Å². The highest BCUT2D eigenvalue weighted by molar-refractivity contribution is 5.69. The zero-order valence-electron chi connectivity index (χ0n) is 11.8. The van der Waals surface area contributed by atoms with Crippen molar-refractivity contribution >= 4 is 6.09 Å². The number of carbonyl (C=O) groups is 1. The van der Waals surface area contributed by atoms with E-state index in [0.717, 1.165) is 37.9 Å². The summed E-state index contributed by atoms with van der Waals surface area (Å²) in [5.41, 5.74) is 0.900. The van der Waals surface area contributed by atoms with Gasteiger partial charge in [-0.3, -0.25) is 10.2 Å². The monoisotopic (exact) mass is 274 g/mol. The molecular weight excluding hydrogens is 252 g/mol. The Hall–Kier alpha value is -1.55. The summed E-state index contributed by atoms with van der Waals surface area (Å²) in [5, 5.41) is 3.55. The summed E-state index contributed by atoms with van der Waals surface area (Å²) in [7, 11) is 0. The summed E-state index contributed by atoms with van der Waals surface area (Å²) in [6, 6.07) is 9.84. The van der Waals surface area contributed by atoms with Gasteiger partial charge >= 0.3 is 6.09 Å². The number of amides is 1. The van der Waals surface area contributed by atoms with Gasteiger partial charge in [-0.2, -0.15) is 0 Å². The Morgan fingerprint density at radius 2 is 2.00 bits per heavy atom. The van der Waals surface area contributed by atoms with E-state index in [-0.39, 0.29) is 11.8 Å². The molecule has 0 aromatic heterocycles. The van der Waals surface area contributed by atoms with Crippen LogP contribution in [0.2, 0.25) is 0 Å². The van der Waals surface area contributed by atoms with Crippen LogP contribution < -0.4 is 5.32 Å². The Morgan fingerprint density at radius 1 is 1.20 bits per heavy atom. The molecule has 2 aliphatic rings. The van der Waals surface area contributed by atoms with Crippen molar-refractivity contribution in [2.45, 2.75) is 44.4 Å². The van der Waals surface area contributed by atoms with Crippen LogP contribution in [0.25, 0.3) is 0 Å². The van der Waals surface area contributed by atoms with Gasteiger partial charge in [-0.1, -0.05) is 30.3 Å². The van der Waals surface area contributed by atoms with Crippen molar-refractivity contribution in [3.05, 3.63) is 35.9 Å². The van der Waals surface area contributed by atoms with E-state index < -0.39 is 0 Å². The third kappa shape index (κ3) is 2.66. The van der Waals surface area contributed by atoms with Crippen LogP contribution in [0.4, 0.5) is 4.79 Å². The molecule has 0 aliphatic carbocycles. The minimum absolute atomic E-state index is 0.133. The standard InChI is InChI=1S/C16H22N2O2/c19-15(20-13-14-7-2-1-3-8-14)18-12-6-10-16(18)9-4-5-11-17-16/h1-3,7-8,17H,4-6,9-13H2. The molecule has 1 spiro atoms. The average Bonchev–Trinajstić information content (AvgIpc) is 2.90. The molecular formula is C16H22N2O2. The normalized spacial score (nSPS) is 25.9. The summed E-state index contributed by atoms with van der Waals surface area (Å²) in [4.78, 5) is 14.3. The van der Waals surface area contributed by atoms with Crippen molar-refractivity contribution in [1.82, 2.24) is 10.2 Å². The summed E-state index contributed by atoms with van der Waals surface area (Å²) < 4.78 is 5.49. The molecule has 2 saturated heterocycles. The van der Waals surface area contributed by atoms with E-state index in [1.54, 1.807) is 0 Å². The average molecular weight is 274 g/mol. The van der Waals surface area contributed by atoms with E-state index in [1.807, 2.05) is 35.2 Å². The van der Waals surface area contributed by atoms with Crippen LogP contribution in [0.1, 0.15) is 37.7 Å². The summed E-state index contributed by atoms with van der Waals surface area (Å²) >= 11 is 0. The van der Waals surface area contributed by atoms with Gasteiger partial charge in [0.15, 0.2) is 0 Å². The maximum atomic E-state index is 12.4. The number of nitrogens with one attached hydrogen (secondary N) is 1. The number of hydrogen-bond acceptors (Lipinski definition) is 3. The summed E-state index contributed by atoms with van der Waals surface area (Å²) in [6.07, 6.45) is 5.37. The number of likely N-dealkylation sites (tertiary alicyclic amines) is 1. The molecule has 0 radical (unpaired) electrons. The van der Waals surface area contributed by atoms with E-state index in [2.05, 4.69) is 5.32 Å². The predicted molar refractivity (Wildman–Crippen MR) is 77.2 cm³/mol.